The summed E-state index contributed by atoms with van der Waals surface area (Å²) in [6, 6.07) is 3.67. The van der Waals surface area contributed by atoms with Crippen molar-refractivity contribution in [3.8, 4) is 11.5 Å². The van der Waals surface area contributed by atoms with Crippen molar-refractivity contribution < 1.29 is 19.7 Å². The van der Waals surface area contributed by atoms with Crippen molar-refractivity contribution >= 4 is 34.2 Å². The lowest BCUT2D eigenvalue weighted by Gasteiger charge is -2.63. The maximum atomic E-state index is 12.5. The van der Waals surface area contributed by atoms with Crippen LogP contribution < -0.4 is 10.1 Å². The van der Waals surface area contributed by atoms with Gasteiger partial charge in [0.05, 0.1) is 16.3 Å². The van der Waals surface area contributed by atoms with Gasteiger partial charge in [-0.15, -0.1) is 12.4 Å². The number of carbonyl (C=O) groups excluding carboxylic acids is 1. The molecule has 3 N–H and O–H groups in total. The largest absolute Gasteiger partial charge is 0.504 e. The molecule has 5 rings (SSSR count). The fourth-order valence-electron chi connectivity index (χ4n) is 5.83. The number of aliphatic hydroxyl groups excluding tert-OH is 1. The number of benzene rings is 1. The Morgan fingerprint density at radius 1 is 1.48 bits per heavy atom. The van der Waals surface area contributed by atoms with E-state index >= 15 is 0 Å². The summed E-state index contributed by atoms with van der Waals surface area (Å²) in [7, 11) is 2.08. The number of hydrogen-bond acceptors (Lipinski definition) is 5. The van der Waals surface area contributed by atoms with Crippen LogP contribution in [0, 0.1) is 0 Å². The number of carbonyl (C=O) groups is 1. The van der Waals surface area contributed by atoms with Gasteiger partial charge in [-0.05, 0) is 38.1 Å². The maximum absolute atomic E-state index is 12.5. The third-order valence-corrected chi connectivity index (χ3v) is 7.31. The normalized spacial score (nSPS) is 37.8. The first-order valence-corrected chi connectivity index (χ1v) is 10.0. The summed E-state index contributed by atoms with van der Waals surface area (Å²) >= 11 is 3.26. The fraction of sp³-hybridized carbons (Fsp3) is 0.526. The van der Waals surface area contributed by atoms with Crippen LogP contribution in [0.25, 0.3) is 0 Å². The number of piperidine rings is 1. The number of nitrogens with zero attached hydrogens (tertiary/aromatic N) is 1. The van der Waals surface area contributed by atoms with Crippen molar-refractivity contribution in [1.29, 1.82) is 0 Å². The summed E-state index contributed by atoms with van der Waals surface area (Å²) in [5.74, 6) is 0.468. The second-order valence-corrected chi connectivity index (χ2v) is 8.37. The van der Waals surface area contributed by atoms with Crippen LogP contribution in [0.1, 0.15) is 17.5 Å². The van der Waals surface area contributed by atoms with E-state index in [1.54, 1.807) is 12.1 Å². The minimum atomic E-state index is -0.786. The van der Waals surface area contributed by atoms with Gasteiger partial charge in [0, 0.05) is 11.6 Å². The maximum Gasteiger partial charge on any atom is 0.231 e. The second kappa shape index (κ2) is 6.11. The molecule has 0 radical (unpaired) electrons. The van der Waals surface area contributed by atoms with Gasteiger partial charge in [-0.25, -0.2) is 0 Å². The van der Waals surface area contributed by atoms with Crippen molar-refractivity contribution in [2.24, 2.45) is 0 Å². The highest BCUT2D eigenvalue weighted by Gasteiger charge is 2.72. The predicted molar refractivity (Wildman–Crippen MR) is 106 cm³/mol. The zero-order chi connectivity index (χ0) is 18.3. The summed E-state index contributed by atoms with van der Waals surface area (Å²) in [6.45, 7) is 0.839. The number of aromatic hydroxyl groups is 1. The lowest BCUT2D eigenvalue weighted by Crippen LogP contribution is -2.80. The van der Waals surface area contributed by atoms with Crippen LogP contribution in [-0.4, -0.2) is 63.7 Å². The van der Waals surface area contributed by atoms with Crippen molar-refractivity contribution in [3.63, 3.8) is 0 Å². The molecule has 27 heavy (non-hydrogen) atoms. The van der Waals surface area contributed by atoms with Gasteiger partial charge in [0.15, 0.2) is 11.5 Å². The first-order valence-electron chi connectivity index (χ1n) is 8.91. The molecule has 6 nitrogen and oxygen atoms in total. The molecule has 0 unspecified atom stereocenters. The van der Waals surface area contributed by atoms with E-state index in [1.165, 1.54) is 0 Å². The number of likely N-dealkylation sites (N-methyl/N-ethyl adjacent to an activating group) is 1. The highest BCUT2D eigenvalue weighted by atomic mass is 79.9. The molecule has 1 fully saturated rings. The van der Waals surface area contributed by atoms with Crippen LogP contribution in [0.2, 0.25) is 0 Å². The molecule has 5 atom stereocenters. The molecule has 2 aliphatic carbocycles. The molecule has 1 saturated heterocycles. The Balaban J connectivity index is 0.00000180. The Bertz CT molecular complexity index is 849. The summed E-state index contributed by atoms with van der Waals surface area (Å²) in [5.41, 5.74) is 0.826. The monoisotopic (exact) mass is 456 g/mol. The first kappa shape index (κ1) is 19.1. The zero-order valence-corrected chi connectivity index (χ0v) is 17.2. The molecule has 1 aromatic carbocycles. The molecule has 2 bridgehead atoms. The molecule has 1 spiro atoms. The van der Waals surface area contributed by atoms with E-state index in [1.807, 2.05) is 12.1 Å². The van der Waals surface area contributed by atoms with Crippen LogP contribution in [0.3, 0.4) is 0 Å². The number of ether oxygens (including phenoxy) is 1. The summed E-state index contributed by atoms with van der Waals surface area (Å²) in [4.78, 5) is 14.8. The first-order chi connectivity index (χ1) is 12.4. The van der Waals surface area contributed by atoms with Gasteiger partial charge >= 0.3 is 0 Å². The number of halogens is 2. The van der Waals surface area contributed by atoms with E-state index < -0.39 is 23.2 Å². The van der Waals surface area contributed by atoms with Crippen LogP contribution >= 0.6 is 28.3 Å². The molecule has 2 aliphatic heterocycles. The Kier molecular flexibility index (Phi) is 4.31. The van der Waals surface area contributed by atoms with Crippen molar-refractivity contribution in [2.45, 2.75) is 42.0 Å². The number of aliphatic hydroxyl groups is 1. The van der Waals surface area contributed by atoms with E-state index in [0.29, 0.717) is 5.75 Å². The number of alkyl halides is 1. The van der Waals surface area contributed by atoms with E-state index in [9.17, 15) is 15.0 Å². The van der Waals surface area contributed by atoms with Gasteiger partial charge < -0.3 is 25.2 Å². The van der Waals surface area contributed by atoms with Gasteiger partial charge in [-0.2, -0.15) is 0 Å². The van der Waals surface area contributed by atoms with Crippen molar-refractivity contribution in [1.82, 2.24) is 10.2 Å². The number of amides is 1. The Hall–Kier alpha value is -1.28. The van der Waals surface area contributed by atoms with Gasteiger partial charge in [-0.1, -0.05) is 34.1 Å². The number of nitrogens with one attached hydrogen (secondary N) is 1. The van der Waals surface area contributed by atoms with Crippen LogP contribution in [-0.2, 0) is 16.6 Å². The zero-order valence-electron chi connectivity index (χ0n) is 14.8. The lowest BCUT2D eigenvalue weighted by atomic mass is 9.49. The lowest BCUT2D eigenvalue weighted by molar-refractivity contribution is -0.127. The predicted octanol–water partition coefficient (Wildman–Crippen LogP) is 1.25. The van der Waals surface area contributed by atoms with Crippen LogP contribution in [0.5, 0.6) is 11.5 Å². The molecule has 8 heteroatoms. The van der Waals surface area contributed by atoms with E-state index in [-0.39, 0.29) is 35.4 Å². The van der Waals surface area contributed by atoms with Crippen LogP contribution in [0.4, 0.5) is 0 Å². The Morgan fingerprint density at radius 2 is 2.26 bits per heavy atom. The molecule has 2 heterocycles. The minimum absolute atomic E-state index is 0. The summed E-state index contributed by atoms with van der Waals surface area (Å²) in [5, 5.41) is 24.6. The Morgan fingerprint density at radius 3 is 3.00 bits per heavy atom. The third kappa shape index (κ3) is 2.11. The average Bonchev–Trinajstić information content (AvgIpc) is 2.99. The van der Waals surface area contributed by atoms with E-state index in [2.05, 4.69) is 33.2 Å². The molecular formula is C19H22BrClN2O4. The molecule has 146 valence electrons. The molecule has 0 aromatic heterocycles. The number of likely N-dealkylation sites (tertiary alicyclic amines) is 1. The van der Waals surface area contributed by atoms with Crippen LogP contribution in [0.15, 0.2) is 24.3 Å². The number of rotatable bonds is 2. The molecule has 1 amide bonds. The van der Waals surface area contributed by atoms with Gasteiger partial charge in [0.2, 0.25) is 5.91 Å². The number of phenolic OH excluding ortho intramolecular Hbond substituents is 1. The van der Waals surface area contributed by atoms with Crippen molar-refractivity contribution in [3.05, 3.63) is 35.4 Å². The van der Waals surface area contributed by atoms with Crippen molar-refractivity contribution in [2.75, 3.05) is 18.9 Å². The highest BCUT2D eigenvalue weighted by Crippen LogP contribution is 2.63. The van der Waals surface area contributed by atoms with Gasteiger partial charge in [-0.3, -0.25) is 4.79 Å². The number of hydrogen-bond donors (Lipinski definition) is 3. The smallest absolute Gasteiger partial charge is 0.231 e. The summed E-state index contributed by atoms with van der Waals surface area (Å²) in [6.07, 6.45) is 3.88. The number of phenols is 1. The van der Waals surface area contributed by atoms with Gasteiger partial charge in [0.25, 0.3) is 0 Å². The third-order valence-electron chi connectivity index (χ3n) is 6.80. The van der Waals surface area contributed by atoms with E-state index in [4.69, 9.17) is 4.74 Å². The molecule has 1 aromatic rings. The quantitative estimate of drug-likeness (QED) is 0.460. The Labute approximate surface area is 172 Å². The minimum Gasteiger partial charge on any atom is -0.504 e. The summed E-state index contributed by atoms with van der Waals surface area (Å²) < 4.78 is 6.16. The second-order valence-electron chi connectivity index (χ2n) is 7.81. The standard InChI is InChI=1S/C19H21BrN2O4.ClH/c1-22-7-6-18-15-10-2-3-11(23)16(15)26-17(18)12(24)4-5-19(18,13(22)8-10)21-14(25)9-20;/h2-5,12-13,17,23-24H,6-9H2,1H3,(H,21,25);1H/t12-,13+,17-,18-,19+;/m0./s1. The highest BCUT2D eigenvalue weighted by molar-refractivity contribution is 9.09. The molecule has 4 aliphatic rings. The van der Waals surface area contributed by atoms with E-state index in [0.717, 1.165) is 30.5 Å². The molecular weight excluding hydrogens is 436 g/mol. The SMILES string of the molecule is CN1CC[C@]23c4c5ccc(O)c4O[C@H]2[C@@H](O)C=C[C@@]3(NC(=O)CBr)[C@H]1C5.Cl. The average molecular weight is 458 g/mol. The fourth-order valence-corrected chi connectivity index (χ4v) is 5.97. The molecule has 0 saturated carbocycles. The topological polar surface area (TPSA) is 82.0 Å². The van der Waals surface area contributed by atoms with Gasteiger partial charge in [0.1, 0.15) is 12.2 Å².